The van der Waals surface area contributed by atoms with Crippen LogP contribution in [0.3, 0.4) is 0 Å². The molecule has 3 aromatic heterocycles. The first-order valence-electron chi connectivity index (χ1n) is 36.6. The summed E-state index contributed by atoms with van der Waals surface area (Å²) in [7, 11) is -18.2. The summed E-state index contributed by atoms with van der Waals surface area (Å²) < 4.78 is 295. The summed E-state index contributed by atoms with van der Waals surface area (Å²) in [5.74, 6) is -21.1. The molecular formula is C65H62F8N8O32P4S3. The molecule has 120 heavy (non-hydrogen) atoms. The maximum absolute atomic E-state index is 15.8. The van der Waals surface area contributed by atoms with Crippen molar-refractivity contribution in [3.8, 4) is 23.0 Å². The Kier molecular flexibility index (Phi) is 23.6. The fourth-order valence-corrected chi connectivity index (χ4v) is 16.8. The number of hydrogen-bond acceptors (Lipinski definition) is 36. The van der Waals surface area contributed by atoms with E-state index in [0.717, 1.165) is 4.57 Å². The van der Waals surface area contributed by atoms with Crippen LogP contribution in [0.2, 0.25) is 0 Å². The number of rotatable bonds is 16. The van der Waals surface area contributed by atoms with Crippen LogP contribution in [0.1, 0.15) is 49.1 Å². The number of H-pyrrole nitrogens is 3. The molecule has 4 unspecified atom stereocenters. The van der Waals surface area contributed by atoms with Gasteiger partial charge in [-0.15, -0.1) is 0 Å². The zero-order chi connectivity index (χ0) is 92.2. The van der Waals surface area contributed by atoms with Crippen LogP contribution in [-0.2, 0) is 105 Å². The Morgan fingerprint density at radius 1 is 0.458 bits per heavy atom. The van der Waals surface area contributed by atoms with E-state index < -0.39 is 216 Å². The number of para-hydroxylation sites is 4. The highest BCUT2D eigenvalue weighted by molar-refractivity contribution is 7.71. The number of nitrogens with one attached hydrogen (secondary N) is 4. The van der Waals surface area contributed by atoms with Crippen molar-refractivity contribution < 1.29 is 180 Å². The molecule has 7 aromatic rings. The number of carbonyl (C=O) groups excluding carboxylic acids is 1. The van der Waals surface area contributed by atoms with Gasteiger partial charge in [0.1, 0.15) is 104 Å². The Morgan fingerprint density at radius 3 is 1.16 bits per heavy atom. The quantitative estimate of drug-likeness (QED) is 0.0288. The largest absolute Gasteiger partial charge is 0.530 e. The number of nitrogens with zero attached hydrogens (tertiary/aromatic N) is 4. The number of aliphatic hydroxyl groups excluding tert-OH is 8. The van der Waals surface area contributed by atoms with E-state index in [2.05, 4.69) is 11.1 Å². The molecule has 12 heterocycles. The first-order chi connectivity index (χ1) is 58.7. The van der Waals surface area contributed by atoms with Crippen LogP contribution in [-0.4, -0.2) is 185 Å². The van der Waals surface area contributed by atoms with Crippen LogP contribution in [0.5, 0.6) is 23.0 Å². The maximum Gasteiger partial charge on any atom is 0.530 e. The molecule has 4 fully saturated rings. The predicted octanol–water partition coefficient (Wildman–Crippen LogP) is 6.26. The van der Waals surface area contributed by atoms with Crippen LogP contribution >= 0.6 is 67.9 Å². The second kappa shape index (κ2) is 34.8. The molecule has 648 valence electrons. The minimum absolute atomic E-state index is 0.0134. The third-order valence-electron chi connectivity index (χ3n) is 17.6. The van der Waals surface area contributed by atoms with Gasteiger partial charge in [-0.1, -0.05) is 79.4 Å². The van der Waals surface area contributed by atoms with Crippen LogP contribution in [0, 0.1) is 31.8 Å². The van der Waals surface area contributed by atoms with Gasteiger partial charge in [-0.3, -0.25) is 84.0 Å². The zero-order valence-corrected chi connectivity index (χ0v) is 65.5. The summed E-state index contributed by atoms with van der Waals surface area (Å²) in [6, 6.07) is 25.2. The Bertz CT molecular complexity index is 6110. The molecule has 12 N–H and O–H groups in total. The smallest absolute Gasteiger partial charge is 0.404 e. The van der Waals surface area contributed by atoms with Gasteiger partial charge in [0.05, 0.1) is 53.2 Å². The second-order valence-corrected chi connectivity index (χ2v) is 33.0. The van der Waals surface area contributed by atoms with Gasteiger partial charge in [0.2, 0.25) is 23.3 Å². The van der Waals surface area contributed by atoms with Gasteiger partial charge >= 0.3 is 31.3 Å². The van der Waals surface area contributed by atoms with Crippen LogP contribution in [0.15, 0.2) is 154 Å². The molecule has 20 atom stereocenters. The SMILES string of the molecule is O=c1[nH]c(=S)n([C@@H]2O[C@](F)(COP3(=O)OCc4ccccc4O3)[C@@H](O)[C@H]2O)cc1F.[2H]C([2H])(OP1(=O)OCc2ccccc2O1)[C@@]1(F)O[C@@H](n2cc(F)c(=O)[nH]c2=S)[C@H](O)[C@@H]1O.[2H]C([2H])(OP1(=O)OCc2ccccc2O1)[C@@]1(F)O[C@@]([2H])(N2C=C(F)C(=O)NC2=C)[C@H](O)[C@@H]1O.[2H][C@@]1(n2cc(F)c(=O)[nH]c2=S)O[C@](F)(COP2(=O)OCc3ccccc3O2)[C@@H](O)[C@H]1O. The summed E-state index contributed by atoms with van der Waals surface area (Å²) in [5.41, 5.74) is -1.44. The number of phosphoric ester groups is 4. The normalized spacial score (nSPS) is 36.1. The molecule has 16 rings (SSSR count). The maximum atomic E-state index is 15.8. The molecule has 55 heteroatoms. The van der Waals surface area contributed by atoms with Crippen molar-refractivity contribution in [1.82, 2.24) is 38.9 Å². The molecule has 9 aliphatic heterocycles. The van der Waals surface area contributed by atoms with Crippen molar-refractivity contribution in [2.24, 2.45) is 0 Å². The number of aliphatic hydroxyl groups is 8. The van der Waals surface area contributed by atoms with Gasteiger partial charge < -0.3 is 88.1 Å². The summed E-state index contributed by atoms with van der Waals surface area (Å²) >= 11 is 14.5. The number of aromatic amines is 3. The van der Waals surface area contributed by atoms with Crippen LogP contribution in [0.4, 0.5) is 35.1 Å². The molecule has 0 aliphatic carbocycles. The van der Waals surface area contributed by atoms with E-state index in [1.54, 1.807) is 60.7 Å². The van der Waals surface area contributed by atoms with Crippen molar-refractivity contribution in [3.63, 3.8) is 0 Å². The monoisotopic (exact) mass is 1840 g/mol. The van der Waals surface area contributed by atoms with Gasteiger partial charge in [0, 0.05) is 28.5 Å². The lowest BCUT2D eigenvalue weighted by atomic mass is 10.1. The highest BCUT2D eigenvalue weighted by atomic mass is 32.1. The highest BCUT2D eigenvalue weighted by Crippen LogP contribution is 2.60. The van der Waals surface area contributed by atoms with E-state index >= 15 is 17.6 Å². The highest BCUT2D eigenvalue weighted by Gasteiger charge is 2.62. The number of alkyl halides is 4. The Balaban J connectivity index is 0.000000144. The van der Waals surface area contributed by atoms with Crippen molar-refractivity contribution in [1.29, 1.82) is 0 Å². The molecule has 4 saturated heterocycles. The summed E-state index contributed by atoms with van der Waals surface area (Å²) in [4.78, 5) is 51.4. The van der Waals surface area contributed by atoms with Crippen molar-refractivity contribution in [2.75, 3.05) is 26.3 Å². The minimum atomic E-state index is -4.82. The average Bonchev–Trinajstić information content (AvgIpc) is 1.57. The number of amides is 1. The van der Waals surface area contributed by atoms with E-state index in [1.807, 2.05) is 20.3 Å². The van der Waals surface area contributed by atoms with Gasteiger partial charge in [-0.2, -0.15) is 17.6 Å². The second-order valence-electron chi connectivity index (χ2n) is 25.7. The average molecular weight is 1850 g/mol. The zero-order valence-electron chi connectivity index (χ0n) is 65.5. The fourth-order valence-electron chi connectivity index (χ4n) is 11.4. The van der Waals surface area contributed by atoms with E-state index in [9.17, 15) is 95.9 Å². The number of phosphoric acid groups is 4. The lowest BCUT2D eigenvalue weighted by Crippen LogP contribution is -2.47. The van der Waals surface area contributed by atoms with E-state index in [-0.39, 0.29) is 54.2 Å². The number of benzene rings is 4. The first-order valence-corrected chi connectivity index (χ1v) is 40.7. The summed E-state index contributed by atoms with van der Waals surface area (Å²) in [6.45, 7) is -7.60. The summed E-state index contributed by atoms with van der Waals surface area (Å²) in [6.07, 6.45) is -26.9. The van der Waals surface area contributed by atoms with E-state index in [1.165, 1.54) is 36.4 Å². The fraction of sp³-hybridized carbons (Fsp3) is 0.369. The van der Waals surface area contributed by atoms with Crippen LogP contribution in [0.25, 0.3) is 0 Å². The standard InChI is InChI=1S/C17H17F2N2O8P.3C16H15F2N2O8PS/c1-9-20-15(24)11(18)6-21(9)16-13(22)14(23)17(19,28-16)8-27-30(25)26-7-10-4-2-3-5-12(10)29-30;3*17-9-5-20(15(30)19-13(9)23)14-11(21)12(22)16(18,27-14)7-26-29(24)25-6-8-3-1-2-4-10(8)28-29/h2-6,13-14,16,22-23H,1,7-8H2,(H,20,24);3*1-5,11-12,14,21-22H,6-7H2,(H,19,23,30)/t13-,14+,16-,17-,30?;3*11-,12+,14-,16-,29?/m1111/s1/i8D2,16D;14D;7D2;. The first kappa shape index (κ1) is 81.4. The number of carbonyl (C=O) groups is 1. The predicted molar refractivity (Wildman–Crippen MR) is 386 cm³/mol. The lowest BCUT2D eigenvalue weighted by molar-refractivity contribution is -0.208. The van der Waals surface area contributed by atoms with Gasteiger partial charge in [-0.25, -0.2) is 35.8 Å². The summed E-state index contributed by atoms with van der Waals surface area (Å²) in [5, 5.41) is 83.7. The third kappa shape index (κ3) is 18.6. The van der Waals surface area contributed by atoms with E-state index in [0.29, 0.717) is 61.1 Å². The van der Waals surface area contributed by atoms with Crippen molar-refractivity contribution in [3.05, 3.63) is 225 Å². The van der Waals surface area contributed by atoms with Gasteiger partial charge in [0.25, 0.3) is 46.0 Å². The van der Waals surface area contributed by atoms with Gasteiger partial charge in [0.15, 0.2) is 39.2 Å². The van der Waals surface area contributed by atoms with Crippen molar-refractivity contribution in [2.45, 2.75) is 124 Å². The molecule has 0 radical (unpaired) electrons. The lowest BCUT2D eigenvalue weighted by Gasteiger charge is -2.33. The Labute approximate surface area is 688 Å². The van der Waals surface area contributed by atoms with Gasteiger partial charge in [-0.05, 0) is 60.9 Å². The molecule has 0 spiro atoms. The Morgan fingerprint density at radius 2 is 0.758 bits per heavy atom. The molecule has 0 bridgehead atoms. The van der Waals surface area contributed by atoms with Crippen LogP contribution < -0.4 is 40.1 Å². The number of halogens is 8. The number of ether oxygens (including phenoxy) is 4. The third-order valence-corrected chi connectivity index (χ3v) is 23.5. The topological polar surface area (TPSA) is 524 Å². The molecule has 9 aliphatic rings. The molecule has 4 aromatic carbocycles. The molecule has 40 nitrogen and oxygen atoms in total. The molecule has 1 amide bonds. The van der Waals surface area contributed by atoms with E-state index in [4.69, 9.17) is 114 Å². The molecular weight excluding hydrogens is 1780 g/mol. The molecule has 0 saturated carbocycles. The minimum Gasteiger partial charge on any atom is -0.404 e. The number of hydrogen-bond donors (Lipinski definition) is 12. The number of aromatic nitrogens is 6. The Hall–Kier alpha value is -8.31. The number of fused-ring (bicyclic) bond motifs is 4. The van der Waals surface area contributed by atoms with Crippen molar-refractivity contribution >= 4 is 73.9 Å².